The van der Waals surface area contributed by atoms with Crippen LogP contribution in [0.25, 0.3) is 0 Å². The van der Waals surface area contributed by atoms with E-state index in [4.69, 9.17) is 4.74 Å². The first-order chi connectivity index (χ1) is 14.6. The van der Waals surface area contributed by atoms with E-state index in [1.165, 1.54) is 24.0 Å². The van der Waals surface area contributed by atoms with Crippen LogP contribution in [0.2, 0.25) is 0 Å². The lowest BCUT2D eigenvalue weighted by Crippen LogP contribution is -2.58. The van der Waals surface area contributed by atoms with Gasteiger partial charge in [0.25, 0.3) is 0 Å². The highest BCUT2D eigenvalue weighted by atomic mass is 32.2. The smallest absolute Gasteiger partial charge is 0.323 e. The van der Waals surface area contributed by atoms with Crippen molar-refractivity contribution in [2.45, 2.75) is 38.3 Å². The van der Waals surface area contributed by atoms with Crippen LogP contribution in [-0.2, 0) is 26.2 Å². The molecule has 1 aliphatic heterocycles. The lowest BCUT2D eigenvalue weighted by Gasteiger charge is -2.38. The molecule has 1 amide bonds. The third-order valence-corrected chi connectivity index (χ3v) is 7.31. The van der Waals surface area contributed by atoms with E-state index >= 15 is 0 Å². The van der Waals surface area contributed by atoms with Crippen LogP contribution in [0.15, 0.2) is 47.4 Å². The van der Waals surface area contributed by atoms with Crippen LogP contribution in [0.3, 0.4) is 0 Å². The second kappa shape index (κ2) is 9.07. The molecule has 1 atom stereocenters. The van der Waals surface area contributed by atoms with Gasteiger partial charge in [0, 0.05) is 26.6 Å². The number of aliphatic carboxylic acids is 1. The molecule has 0 spiro atoms. The van der Waals surface area contributed by atoms with Gasteiger partial charge in [0.15, 0.2) is 0 Å². The molecule has 8 nitrogen and oxygen atoms in total. The highest BCUT2D eigenvalue weighted by Gasteiger charge is 2.40. The number of sulfonamides is 1. The summed E-state index contributed by atoms with van der Waals surface area (Å²) in [6, 6.07) is 10.7. The standard InChI is InChI=1S/C22H26N2O6S/c1-15-4-5-16(2)18(12-15)14-30-19-6-8-20(9-7-19)31(28,29)24-11-10-23(17(3)25)13-21(24)22(26)27/h4-9,12,21H,10-11,13-14H2,1-3H3,(H,26,27). The van der Waals surface area contributed by atoms with Crippen LogP contribution in [0, 0.1) is 13.8 Å². The number of aryl methyl sites for hydroxylation is 2. The Labute approximate surface area is 182 Å². The minimum Gasteiger partial charge on any atom is -0.489 e. The maximum atomic E-state index is 13.1. The van der Waals surface area contributed by atoms with Gasteiger partial charge in [0.2, 0.25) is 15.9 Å². The van der Waals surface area contributed by atoms with E-state index in [0.717, 1.165) is 21.0 Å². The molecule has 9 heteroatoms. The highest BCUT2D eigenvalue weighted by molar-refractivity contribution is 7.89. The molecule has 1 N–H and O–H groups in total. The van der Waals surface area contributed by atoms with Crippen LogP contribution in [0.1, 0.15) is 23.6 Å². The third kappa shape index (κ3) is 5.05. The molecule has 1 saturated heterocycles. The Kier molecular flexibility index (Phi) is 6.66. The average molecular weight is 447 g/mol. The molecule has 0 aromatic heterocycles. The summed E-state index contributed by atoms with van der Waals surface area (Å²) < 4.78 is 32.9. The van der Waals surface area contributed by atoms with Crippen LogP contribution in [0.4, 0.5) is 0 Å². The Morgan fingerprint density at radius 3 is 2.39 bits per heavy atom. The number of nitrogens with zero attached hydrogens (tertiary/aromatic N) is 2. The first kappa shape index (κ1) is 22.8. The fraction of sp³-hybridized carbons (Fsp3) is 0.364. The number of carboxylic acid groups (broad SMARTS) is 1. The van der Waals surface area contributed by atoms with E-state index in [1.54, 1.807) is 12.1 Å². The summed E-state index contributed by atoms with van der Waals surface area (Å²) in [5, 5.41) is 9.52. The average Bonchev–Trinajstić information content (AvgIpc) is 2.74. The SMILES string of the molecule is CC(=O)N1CCN(S(=O)(=O)c2ccc(OCc3cc(C)ccc3C)cc2)C(C(=O)O)C1. The molecule has 0 aliphatic carbocycles. The fourth-order valence-corrected chi connectivity index (χ4v) is 5.07. The molecule has 31 heavy (non-hydrogen) atoms. The van der Waals surface area contributed by atoms with Gasteiger partial charge < -0.3 is 14.7 Å². The Morgan fingerprint density at radius 2 is 1.77 bits per heavy atom. The molecule has 1 heterocycles. The number of carbonyl (C=O) groups is 2. The molecule has 3 rings (SSSR count). The number of piperazine rings is 1. The number of rotatable bonds is 6. The summed E-state index contributed by atoms with van der Waals surface area (Å²) in [5.74, 6) is -1.06. The quantitative estimate of drug-likeness (QED) is 0.729. The monoisotopic (exact) mass is 446 g/mol. The van der Waals surface area contributed by atoms with Gasteiger partial charge in [0.1, 0.15) is 18.4 Å². The molecule has 0 bridgehead atoms. The molecule has 0 radical (unpaired) electrons. The fourth-order valence-electron chi connectivity index (χ4n) is 3.50. The van der Waals surface area contributed by atoms with Crippen molar-refractivity contribution in [2.24, 2.45) is 0 Å². The number of hydrogen-bond donors (Lipinski definition) is 1. The lowest BCUT2D eigenvalue weighted by molar-refractivity contribution is -0.145. The minimum atomic E-state index is -4.04. The Morgan fingerprint density at radius 1 is 1.10 bits per heavy atom. The topological polar surface area (TPSA) is 104 Å². The predicted octanol–water partition coefficient (Wildman–Crippen LogP) is 2.19. The van der Waals surface area contributed by atoms with Crippen molar-refractivity contribution in [2.75, 3.05) is 19.6 Å². The van der Waals surface area contributed by atoms with E-state index in [0.29, 0.717) is 12.4 Å². The number of benzene rings is 2. The number of ether oxygens (including phenoxy) is 1. The summed E-state index contributed by atoms with van der Waals surface area (Å²) in [4.78, 5) is 24.6. The maximum Gasteiger partial charge on any atom is 0.323 e. The Hall–Kier alpha value is -2.91. The van der Waals surface area contributed by atoms with Gasteiger partial charge in [-0.2, -0.15) is 4.31 Å². The summed E-state index contributed by atoms with van der Waals surface area (Å²) in [6.45, 7) is 5.58. The highest BCUT2D eigenvalue weighted by Crippen LogP contribution is 2.24. The van der Waals surface area contributed by atoms with Gasteiger partial charge >= 0.3 is 5.97 Å². The zero-order chi connectivity index (χ0) is 22.8. The first-order valence-electron chi connectivity index (χ1n) is 9.89. The van der Waals surface area contributed by atoms with E-state index in [2.05, 4.69) is 0 Å². The largest absolute Gasteiger partial charge is 0.489 e. The second-order valence-corrected chi connectivity index (χ2v) is 9.52. The summed E-state index contributed by atoms with van der Waals surface area (Å²) in [6.07, 6.45) is 0. The van der Waals surface area contributed by atoms with E-state index in [1.807, 2.05) is 32.0 Å². The van der Waals surface area contributed by atoms with Crippen LogP contribution >= 0.6 is 0 Å². The van der Waals surface area contributed by atoms with E-state index in [-0.39, 0.29) is 30.4 Å². The van der Waals surface area contributed by atoms with Crippen molar-refractivity contribution in [1.29, 1.82) is 0 Å². The number of amides is 1. The van der Waals surface area contributed by atoms with Crippen LogP contribution in [-0.4, -0.2) is 60.3 Å². The van der Waals surface area contributed by atoms with Crippen molar-refractivity contribution in [1.82, 2.24) is 9.21 Å². The maximum absolute atomic E-state index is 13.1. The van der Waals surface area contributed by atoms with Crippen molar-refractivity contribution in [3.8, 4) is 5.75 Å². The van der Waals surface area contributed by atoms with Gasteiger partial charge in [-0.05, 0) is 49.2 Å². The van der Waals surface area contributed by atoms with E-state index in [9.17, 15) is 23.1 Å². The van der Waals surface area contributed by atoms with Crippen molar-refractivity contribution in [3.05, 3.63) is 59.2 Å². The molecular formula is C22H26N2O6S. The van der Waals surface area contributed by atoms with Gasteiger partial charge in [-0.25, -0.2) is 8.42 Å². The zero-order valence-corrected chi connectivity index (χ0v) is 18.6. The summed E-state index contributed by atoms with van der Waals surface area (Å²) in [7, 11) is -4.04. The molecule has 166 valence electrons. The van der Waals surface area contributed by atoms with Crippen LogP contribution < -0.4 is 4.74 Å². The van der Waals surface area contributed by atoms with Crippen molar-refractivity contribution >= 4 is 21.9 Å². The number of carboxylic acids is 1. The Bertz CT molecular complexity index is 1080. The molecule has 0 saturated carbocycles. The zero-order valence-electron chi connectivity index (χ0n) is 17.7. The number of carbonyl (C=O) groups excluding carboxylic acids is 1. The molecule has 2 aromatic rings. The lowest BCUT2D eigenvalue weighted by atomic mass is 10.1. The third-order valence-electron chi connectivity index (χ3n) is 5.39. The molecule has 2 aromatic carbocycles. The van der Waals surface area contributed by atoms with E-state index < -0.39 is 22.0 Å². The van der Waals surface area contributed by atoms with Crippen LogP contribution in [0.5, 0.6) is 5.75 Å². The minimum absolute atomic E-state index is 0.0193. The van der Waals surface area contributed by atoms with Gasteiger partial charge in [-0.1, -0.05) is 23.8 Å². The van der Waals surface area contributed by atoms with Gasteiger partial charge in [0.05, 0.1) is 4.90 Å². The molecule has 1 fully saturated rings. The van der Waals surface area contributed by atoms with Gasteiger partial charge in [-0.3, -0.25) is 9.59 Å². The number of hydrogen-bond acceptors (Lipinski definition) is 5. The molecule has 1 unspecified atom stereocenters. The van der Waals surface area contributed by atoms with Gasteiger partial charge in [-0.15, -0.1) is 0 Å². The Balaban J connectivity index is 1.75. The predicted molar refractivity (Wildman–Crippen MR) is 114 cm³/mol. The summed E-state index contributed by atoms with van der Waals surface area (Å²) in [5.41, 5.74) is 3.28. The van der Waals surface area contributed by atoms with Crippen molar-refractivity contribution < 1.29 is 27.9 Å². The second-order valence-electron chi connectivity index (χ2n) is 7.62. The summed E-state index contributed by atoms with van der Waals surface area (Å²) >= 11 is 0. The first-order valence-corrected chi connectivity index (χ1v) is 11.3. The normalized spacial score (nSPS) is 17.4. The molecular weight excluding hydrogens is 420 g/mol. The molecule has 1 aliphatic rings. The van der Waals surface area contributed by atoms with Crippen molar-refractivity contribution in [3.63, 3.8) is 0 Å².